The van der Waals surface area contributed by atoms with E-state index in [2.05, 4.69) is 6.58 Å². The average Bonchev–Trinajstić information content (AvgIpc) is 1.37. The normalized spacial score (nSPS) is 2.50. The number of rotatable bonds is 0. The van der Waals surface area contributed by atoms with Crippen molar-refractivity contribution in [2.45, 2.75) is 0 Å². The summed E-state index contributed by atoms with van der Waals surface area (Å²) >= 11 is 0. The van der Waals surface area contributed by atoms with E-state index in [0.717, 1.165) is 0 Å². The summed E-state index contributed by atoms with van der Waals surface area (Å²) in [5, 5.41) is 7.51. The Morgan fingerprint density at radius 1 is 1.67 bits per heavy atom. The van der Waals surface area contributed by atoms with Gasteiger partial charge in [0.1, 0.15) is 0 Å². The molecular formula is C3H7KN2. The van der Waals surface area contributed by atoms with E-state index in [1.165, 1.54) is 6.08 Å². The van der Waals surface area contributed by atoms with Gasteiger partial charge >= 0.3 is 51.4 Å². The molecule has 0 unspecified atom stereocenters. The molecule has 30 valence electrons. The molecule has 0 aliphatic carbocycles. The van der Waals surface area contributed by atoms with E-state index in [0.29, 0.717) is 0 Å². The molecule has 0 aliphatic rings. The fraction of sp³-hybridized carbons (Fsp3) is 0. The summed E-state index contributed by atoms with van der Waals surface area (Å²) in [7, 11) is 0. The fourth-order valence-corrected chi connectivity index (χ4v) is 0. The van der Waals surface area contributed by atoms with Gasteiger partial charge in [-0.25, -0.2) is 0 Å². The van der Waals surface area contributed by atoms with Crippen molar-refractivity contribution in [3.05, 3.63) is 12.7 Å². The Morgan fingerprint density at radius 3 is 1.83 bits per heavy atom. The van der Waals surface area contributed by atoms with Crippen LogP contribution in [0.25, 0.3) is 0 Å². The Morgan fingerprint density at radius 2 is 1.83 bits per heavy atom. The third kappa shape index (κ3) is 21.2. The van der Waals surface area contributed by atoms with E-state index in [-0.39, 0.29) is 57.5 Å². The Balaban J connectivity index is -0.0000000450. The van der Waals surface area contributed by atoms with Crippen LogP contribution in [0.2, 0.25) is 0 Å². The van der Waals surface area contributed by atoms with Crippen LogP contribution in [-0.4, -0.2) is 51.4 Å². The molecule has 0 amide bonds. The van der Waals surface area contributed by atoms with E-state index >= 15 is 0 Å². The number of hydrogen-bond acceptors (Lipinski definition) is 2. The summed E-state index contributed by atoms with van der Waals surface area (Å²) in [6, 6.07) is 1.69. The van der Waals surface area contributed by atoms with Gasteiger partial charge in [-0.3, -0.25) is 0 Å². The predicted molar refractivity (Wildman–Crippen MR) is 28.0 cm³/mol. The molecule has 0 fully saturated rings. The summed E-state index contributed by atoms with van der Waals surface area (Å²) in [4.78, 5) is 0. The van der Waals surface area contributed by atoms with Gasteiger partial charge in [0.15, 0.2) is 0 Å². The molecule has 0 heterocycles. The van der Waals surface area contributed by atoms with Gasteiger partial charge in [0.25, 0.3) is 0 Å². The van der Waals surface area contributed by atoms with Crippen LogP contribution in [0, 0.1) is 11.3 Å². The zero-order valence-corrected chi connectivity index (χ0v) is 2.94. The summed E-state index contributed by atoms with van der Waals surface area (Å²) in [5.41, 5.74) is 0. The first-order chi connectivity index (χ1) is 1.91. The minimum atomic E-state index is 0. The van der Waals surface area contributed by atoms with Crippen LogP contribution in [0.1, 0.15) is 0 Å². The fourth-order valence-electron chi connectivity index (χ4n) is 0. The van der Waals surface area contributed by atoms with Gasteiger partial charge < -0.3 is 6.15 Å². The van der Waals surface area contributed by atoms with E-state index < -0.39 is 0 Å². The molecule has 0 radical (unpaired) electrons. The number of allylic oxidation sites excluding steroid dienone is 1. The third-order valence-corrected chi connectivity index (χ3v) is 0.0913. The second-order valence-electron chi connectivity index (χ2n) is 0.333. The first kappa shape index (κ1) is 15.8. The number of nitriles is 1. The monoisotopic (exact) mass is 110 g/mol. The van der Waals surface area contributed by atoms with Crippen LogP contribution in [0.4, 0.5) is 0 Å². The van der Waals surface area contributed by atoms with Crippen LogP contribution in [0.15, 0.2) is 12.7 Å². The van der Waals surface area contributed by atoms with Gasteiger partial charge in [0.05, 0.1) is 6.07 Å². The maximum absolute atomic E-state index is 7.51. The van der Waals surface area contributed by atoms with E-state index in [4.69, 9.17) is 5.26 Å². The summed E-state index contributed by atoms with van der Waals surface area (Å²) in [6.07, 6.45) is 1.18. The quantitative estimate of drug-likeness (QED) is 0.358. The summed E-state index contributed by atoms with van der Waals surface area (Å²) in [5.74, 6) is 0. The van der Waals surface area contributed by atoms with Crippen molar-refractivity contribution in [1.29, 1.82) is 5.26 Å². The molecule has 0 saturated carbocycles. The average molecular weight is 110 g/mol. The van der Waals surface area contributed by atoms with Gasteiger partial charge in [-0.2, -0.15) is 5.26 Å². The Kier molecular flexibility index (Phi) is 44.8. The zero-order valence-electron chi connectivity index (χ0n) is 2.94. The number of nitrogens with zero attached hydrogens (tertiary/aromatic N) is 1. The van der Waals surface area contributed by atoms with Gasteiger partial charge in [0.2, 0.25) is 0 Å². The van der Waals surface area contributed by atoms with E-state index in [1.54, 1.807) is 6.07 Å². The first-order valence-electron chi connectivity index (χ1n) is 0.921. The zero-order chi connectivity index (χ0) is 3.41. The molecule has 0 aromatic heterocycles. The van der Waals surface area contributed by atoms with Gasteiger partial charge in [-0.15, -0.1) is 0 Å². The van der Waals surface area contributed by atoms with Gasteiger partial charge in [-0.1, -0.05) is 6.58 Å². The Bertz CT molecular complexity index is 54.3. The van der Waals surface area contributed by atoms with Crippen LogP contribution < -0.4 is 6.15 Å². The van der Waals surface area contributed by atoms with Gasteiger partial charge in [-0.05, 0) is 0 Å². The molecule has 2 nitrogen and oxygen atoms in total. The molecule has 0 atom stereocenters. The SMILES string of the molecule is C=CC#N.N.[KH]. The second-order valence-corrected chi connectivity index (χ2v) is 0.333. The van der Waals surface area contributed by atoms with Crippen molar-refractivity contribution < 1.29 is 0 Å². The van der Waals surface area contributed by atoms with Crippen LogP contribution in [0.3, 0.4) is 0 Å². The van der Waals surface area contributed by atoms with Crippen molar-refractivity contribution >= 4 is 51.4 Å². The van der Waals surface area contributed by atoms with Crippen LogP contribution >= 0.6 is 0 Å². The molecule has 6 heavy (non-hydrogen) atoms. The third-order valence-electron chi connectivity index (χ3n) is 0.0913. The topological polar surface area (TPSA) is 58.8 Å². The van der Waals surface area contributed by atoms with Gasteiger partial charge in [0, 0.05) is 6.08 Å². The predicted octanol–water partition coefficient (Wildman–Crippen LogP) is 0.209. The molecule has 3 heteroatoms. The molecule has 0 bridgehead atoms. The standard InChI is InChI=1S/C3H3N.K.H3N.H/c1-2-3-4;;;/h2H,1H2;;1H3;. The first-order valence-corrected chi connectivity index (χ1v) is 0.921. The molecule has 0 rings (SSSR count). The molecule has 0 aromatic rings. The van der Waals surface area contributed by atoms with Crippen molar-refractivity contribution in [2.24, 2.45) is 0 Å². The van der Waals surface area contributed by atoms with Crippen LogP contribution in [0.5, 0.6) is 0 Å². The Labute approximate surface area is 80.2 Å². The number of hydrogen-bond donors (Lipinski definition) is 1. The van der Waals surface area contributed by atoms with Crippen molar-refractivity contribution in [2.75, 3.05) is 0 Å². The summed E-state index contributed by atoms with van der Waals surface area (Å²) < 4.78 is 0. The molecule has 0 saturated heterocycles. The van der Waals surface area contributed by atoms with Crippen molar-refractivity contribution in [3.8, 4) is 6.07 Å². The summed E-state index contributed by atoms with van der Waals surface area (Å²) in [6.45, 7) is 3.12. The molecule has 0 aromatic carbocycles. The Hall–Kier alpha value is 0.826. The molecule has 0 aliphatic heterocycles. The van der Waals surface area contributed by atoms with E-state index in [9.17, 15) is 0 Å². The van der Waals surface area contributed by atoms with Crippen molar-refractivity contribution in [3.63, 3.8) is 0 Å². The maximum atomic E-state index is 7.51. The van der Waals surface area contributed by atoms with Crippen LogP contribution in [-0.2, 0) is 0 Å². The molecule has 0 spiro atoms. The molecular weight excluding hydrogens is 103 g/mol. The molecule has 3 N–H and O–H groups in total. The van der Waals surface area contributed by atoms with E-state index in [1.807, 2.05) is 0 Å². The second kappa shape index (κ2) is 17.0. The minimum absolute atomic E-state index is 0. The van der Waals surface area contributed by atoms with Crippen molar-refractivity contribution in [1.82, 2.24) is 6.15 Å².